The van der Waals surface area contributed by atoms with Crippen molar-refractivity contribution in [2.24, 2.45) is 0 Å². The van der Waals surface area contributed by atoms with E-state index >= 15 is 0 Å². The van der Waals surface area contributed by atoms with Gasteiger partial charge in [0.15, 0.2) is 0 Å². The van der Waals surface area contributed by atoms with Gasteiger partial charge >= 0.3 is 0 Å². The Kier molecular flexibility index (Phi) is 7.78. The predicted molar refractivity (Wildman–Crippen MR) is 126 cm³/mol. The number of carbonyl (C=O) groups excluding carboxylic acids is 2. The zero-order valence-corrected chi connectivity index (χ0v) is 19.5. The van der Waals surface area contributed by atoms with E-state index in [0.29, 0.717) is 6.54 Å². The van der Waals surface area contributed by atoms with Gasteiger partial charge in [-0.25, -0.2) is 0 Å². The van der Waals surface area contributed by atoms with E-state index < -0.39 is 0 Å². The molecule has 1 aromatic carbocycles. The summed E-state index contributed by atoms with van der Waals surface area (Å²) in [5.74, 6) is 1.11. The topological polar surface area (TPSA) is 65.1 Å². The lowest BCUT2D eigenvalue weighted by Gasteiger charge is -2.37. The monoisotopic (exact) mass is 456 g/mol. The molecule has 0 bridgehead atoms. The number of ether oxygens (including phenoxy) is 1. The predicted octanol–water partition coefficient (Wildman–Crippen LogP) is 2.30. The largest absolute Gasteiger partial charge is 0.497 e. The van der Waals surface area contributed by atoms with Crippen molar-refractivity contribution < 1.29 is 14.3 Å². The number of hydrogen-bond acceptors (Lipinski definition) is 6. The summed E-state index contributed by atoms with van der Waals surface area (Å²) >= 11 is 1.47. The molecule has 0 radical (unpaired) electrons. The van der Waals surface area contributed by atoms with Crippen LogP contribution >= 0.6 is 11.3 Å². The van der Waals surface area contributed by atoms with Crippen LogP contribution in [0.15, 0.2) is 41.8 Å². The molecule has 1 aromatic heterocycles. The number of amides is 2. The van der Waals surface area contributed by atoms with Gasteiger partial charge in [-0.3, -0.25) is 19.4 Å². The van der Waals surface area contributed by atoms with Gasteiger partial charge in [-0.15, -0.1) is 11.3 Å². The fourth-order valence-electron chi connectivity index (χ4n) is 4.34. The van der Waals surface area contributed by atoms with Crippen molar-refractivity contribution in [2.75, 3.05) is 52.9 Å². The zero-order valence-electron chi connectivity index (χ0n) is 18.7. The maximum Gasteiger partial charge on any atom is 0.261 e. The SMILES string of the molecule is COc1ccc(CN2CCN(C(=O)CN3CCC(NC(=O)c4cccs4)CC3)CC2)cc1. The number of thiophene rings is 1. The van der Waals surface area contributed by atoms with Gasteiger partial charge in [0, 0.05) is 51.9 Å². The van der Waals surface area contributed by atoms with Crippen LogP contribution in [0.5, 0.6) is 5.75 Å². The molecule has 0 atom stereocenters. The van der Waals surface area contributed by atoms with Gasteiger partial charge in [0.25, 0.3) is 5.91 Å². The van der Waals surface area contributed by atoms with E-state index in [9.17, 15) is 9.59 Å². The van der Waals surface area contributed by atoms with Crippen LogP contribution in [-0.2, 0) is 11.3 Å². The first kappa shape index (κ1) is 22.8. The third-order valence-electron chi connectivity index (χ3n) is 6.32. The van der Waals surface area contributed by atoms with Crippen molar-refractivity contribution in [1.82, 2.24) is 20.0 Å². The highest BCUT2D eigenvalue weighted by molar-refractivity contribution is 7.12. The Labute approximate surface area is 193 Å². The highest BCUT2D eigenvalue weighted by Crippen LogP contribution is 2.16. The van der Waals surface area contributed by atoms with Crippen molar-refractivity contribution in [3.63, 3.8) is 0 Å². The molecule has 3 heterocycles. The highest BCUT2D eigenvalue weighted by Gasteiger charge is 2.26. The second-order valence-corrected chi connectivity index (χ2v) is 9.45. The fraction of sp³-hybridized carbons (Fsp3) is 0.500. The van der Waals surface area contributed by atoms with Crippen LogP contribution in [-0.4, -0.2) is 85.5 Å². The molecule has 4 rings (SSSR count). The molecule has 172 valence electrons. The minimum Gasteiger partial charge on any atom is -0.497 e. The average Bonchev–Trinajstić information content (AvgIpc) is 3.37. The van der Waals surface area contributed by atoms with E-state index in [1.807, 2.05) is 34.5 Å². The van der Waals surface area contributed by atoms with Crippen molar-refractivity contribution >= 4 is 23.2 Å². The molecule has 8 heteroatoms. The number of benzene rings is 1. The van der Waals surface area contributed by atoms with Gasteiger partial charge in [-0.2, -0.15) is 0 Å². The highest BCUT2D eigenvalue weighted by atomic mass is 32.1. The summed E-state index contributed by atoms with van der Waals surface area (Å²) < 4.78 is 5.22. The Hall–Kier alpha value is -2.42. The first-order valence-corrected chi connectivity index (χ1v) is 12.2. The Balaban J connectivity index is 1.15. The summed E-state index contributed by atoms with van der Waals surface area (Å²) in [5.41, 5.74) is 1.26. The number of hydrogen-bond donors (Lipinski definition) is 1. The lowest BCUT2D eigenvalue weighted by Crippen LogP contribution is -2.52. The molecule has 2 aliphatic heterocycles. The quantitative estimate of drug-likeness (QED) is 0.693. The van der Waals surface area contributed by atoms with Gasteiger partial charge < -0.3 is 15.0 Å². The molecule has 2 fully saturated rings. The average molecular weight is 457 g/mol. The number of nitrogens with zero attached hydrogens (tertiary/aromatic N) is 3. The molecule has 7 nitrogen and oxygen atoms in total. The first-order chi connectivity index (χ1) is 15.6. The molecule has 32 heavy (non-hydrogen) atoms. The van der Waals surface area contributed by atoms with E-state index in [0.717, 1.165) is 69.3 Å². The van der Waals surface area contributed by atoms with Crippen molar-refractivity contribution in [3.05, 3.63) is 52.2 Å². The maximum atomic E-state index is 12.8. The third kappa shape index (κ3) is 6.09. The van der Waals surface area contributed by atoms with E-state index in [1.165, 1.54) is 16.9 Å². The van der Waals surface area contributed by atoms with Crippen LogP contribution in [0.3, 0.4) is 0 Å². The standard InChI is InChI=1S/C24H32N4O3S/c1-31-21-6-4-19(5-7-21)17-27-12-14-28(15-13-27)23(29)18-26-10-8-20(9-11-26)25-24(30)22-3-2-16-32-22/h2-7,16,20H,8-15,17-18H2,1H3,(H,25,30). The second kappa shape index (κ2) is 10.9. The molecule has 1 N–H and O–H groups in total. The smallest absolute Gasteiger partial charge is 0.261 e. The number of carbonyl (C=O) groups is 2. The summed E-state index contributed by atoms with van der Waals surface area (Å²) in [4.78, 5) is 32.4. The number of nitrogens with one attached hydrogen (secondary N) is 1. The number of piperazine rings is 1. The Bertz CT molecular complexity index is 871. The maximum absolute atomic E-state index is 12.8. The molecule has 0 aliphatic carbocycles. The Morgan fingerprint density at radius 1 is 1.00 bits per heavy atom. The van der Waals surface area contributed by atoms with Gasteiger partial charge in [0.1, 0.15) is 5.75 Å². The Morgan fingerprint density at radius 2 is 1.72 bits per heavy atom. The van der Waals surface area contributed by atoms with E-state index in [2.05, 4.69) is 27.2 Å². The normalized spacial score (nSPS) is 18.5. The summed E-state index contributed by atoms with van der Waals surface area (Å²) in [5, 5.41) is 5.05. The van der Waals surface area contributed by atoms with Gasteiger partial charge in [-0.05, 0) is 42.0 Å². The molecular weight excluding hydrogens is 424 g/mol. The molecule has 0 saturated carbocycles. The number of likely N-dealkylation sites (tertiary alicyclic amines) is 1. The minimum absolute atomic E-state index is 0.0158. The molecule has 0 unspecified atom stereocenters. The van der Waals surface area contributed by atoms with Crippen LogP contribution in [0.25, 0.3) is 0 Å². The van der Waals surface area contributed by atoms with Crippen LogP contribution < -0.4 is 10.1 Å². The number of piperidine rings is 1. The van der Waals surface area contributed by atoms with Crippen molar-refractivity contribution in [3.8, 4) is 5.75 Å². The molecule has 2 saturated heterocycles. The first-order valence-electron chi connectivity index (χ1n) is 11.3. The third-order valence-corrected chi connectivity index (χ3v) is 7.19. The summed E-state index contributed by atoms with van der Waals surface area (Å²) in [7, 11) is 1.68. The second-order valence-electron chi connectivity index (χ2n) is 8.51. The lowest BCUT2D eigenvalue weighted by molar-refractivity contribution is -0.134. The fourth-order valence-corrected chi connectivity index (χ4v) is 4.96. The number of methoxy groups -OCH3 is 1. The summed E-state index contributed by atoms with van der Waals surface area (Å²) in [6.45, 7) is 6.42. The molecule has 2 amide bonds. The zero-order chi connectivity index (χ0) is 22.3. The summed E-state index contributed by atoms with van der Waals surface area (Å²) in [6.07, 6.45) is 1.78. The molecule has 2 aromatic rings. The van der Waals surface area contributed by atoms with Gasteiger partial charge in [0.05, 0.1) is 18.5 Å². The summed E-state index contributed by atoms with van der Waals surface area (Å²) in [6, 6.07) is 12.1. The molecule has 2 aliphatic rings. The van der Waals surface area contributed by atoms with Crippen LogP contribution in [0.1, 0.15) is 28.1 Å². The van der Waals surface area contributed by atoms with E-state index in [1.54, 1.807) is 7.11 Å². The molecule has 0 spiro atoms. The lowest BCUT2D eigenvalue weighted by atomic mass is 10.0. The van der Waals surface area contributed by atoms with Crippen LogP contribution in [0.4, 0.5) is 0 Å². The van der Waals surface area contributed by atoms with Gasteiger partial charge in [0.2, 0.25) is 5.91 Å². The number of rotatable bonds is 7. The minimum atomic E-state index is 0.0158. The van der Waals surface area contributed by atoms with E-state index in [-0.39, 0.29) is 17.9 Å². The van der Waals surface area contributed by atoms with Crippen molar-refractivity contribution in [2.45, 2.75) is 25.4 Å². The van der Waals surface area contributed by atoms with Crippen molar-refractivity contribution in [1.29, 1.82) is 0 Å². The molecular formula is C24H32N4O3S. The van der Waals surface area contributed by atoms with E-state index in [4.69, 9.17) is 4.74 Å². The van der Waals surface area contributed by atoms with Gasteiger partial charge in [-0.1, -0.05) is 18.2 Å². The Morgan fingerprint density at radius 3 is 2.34 bits per heavy atom. The van der Waals surface area contributed by atoms with Crippen LogP contribution in [0.2, 0.25) is 0 Å². The van der Waals surface area contributed by atoms with Crippen LogP contribution in [0, 0.1) is 0 Å².